The second-order valence-electron chi connectivity index (χ2n) is 9.22. The maximum absolute atomic E-state index is 12.9. The van der Waals surface area contributed by atoms with Gasteiger partial charge in [0.15, 0.2) is 0 Å². The fraction of sp³-hybridized carbons (Fsp3) is 0.423. The van der Waals surface area contributed by atoms with Gasteiger partial charge in [-0.1, -0.05) is 18.2 Å². The molecule has 1 N–H and O–H groups in total. The Labute approximate surface area is 206 Å². The maximum Gasteiger partial charge on any atom is 0.243 e. The molecule has 2 saturated heterocycles. The third-order valence-electron chi connectivity index (χ3n) is 7.01. The number of morpholine rings is 1. The van der Waals surface area contributed by atoms with Crippen molar-refractivity contribution < 1.29 is 17.9 Å². The van der Waals surface area contributed by atoms with Gasteiger partial charge in [0.2, 0.25) is 15.9 Å². The van der Waals surface area contributed by atoms with Crippen LogP contribution in [-0.2, 0) is 26.1 Å². The SMILES string of the molecule is O=C(Nc1ccc2c(ccn2CCN2CCOCC2)c1)C1CCN(S(=O)(=O)c2ccccc2)CC1. The van der Waals surface area contributed by atoms with Crippen LogP contribution in [0.4, 0.5) is 5.69 Å². The van der Waals surface area contributed by atoms with Crippen molar-refractivity contribution in [1.29, 1.82) is 0 Å². The monoisotopic (exact) mass is 496 g/mol. The Balaban J connectivity index is 1.16. The normalized spacial score (nSPS) is 18.6. The van der Waals surface area contributed by atoms with Gasteiger partial charge in [0.1, 0.15) is 0 Å². The second-order valence-corrected chi connectivity index (χ2v) is 11.2. The lowest BCUT2D eigenvalue weighted by Gasteiger charge is -2.30. The van der Waals surface area contributed by atoms with Crippen molar-refractivity contribution >= 4 is 32.5 Å². The molecule has 186 valence electrons. The number of rotatable bonds is 7. The number of piperidine rings is 1. The van der Waals surface area contributed by atoms with Crippen LogP contribution in [-0.4, -0.2) is 74.0 Å². The van der Waals surface area contributed by atoms with Crippen LogP contribution in [0.25, 0.3) is 10.9 Å². The average Bonchev–Trinajstić information content (AvgIpc) is 3.31. The standard InChI is InChI=1S/C26H32N4O4S/c31-26(21-9-12-30(13-10-21)35(32,33)24-4-2-1-3-5-24)27-23-6-7-25-22(20-23)8-11-29(25)15-14-28-16-18-34-19-17-28/h1-8,11,20-21H,9-10,12-19H2,(H,27,31). The number of carbonyl (C=O) groups is 1. The van der Waals surface area contributed by atoms with Crippen molar-refractivity contribution in [1.82, 2.24) is 13.8 Å². The molecule has 0 atom stereocenters. The summed E-state index contributed by atoms with van der Waals surface area (Å²) < 4.78 is 34.8. The minimum atomic E-state index is -3.51. The van der Waals surface area contributed by atoms with Gasteiger partial charge in [0.05, 0.1) is 18.1 Å². The number of hydrogen-bond acceptors (Lipinski definition) is 5. The smallest absolute Gasteiger partial charge is 0.243 e. The highest BCUT2D eigenvalue weighted by Crippen LogP contribution is 2.26. The summed E-state index contributed by atoms with van der Waals surface area (Å²) in [6.07, 6.45) is 3.12. The summed E-state index contributed by atoms with van der Waals surface area (Å²) in [5, 5.41) is 4.13. The first-order valence-corrected chi connectivity index (χ1v) is 13.7. The fourth-order valence-corrected chi connectivity index (χ4v) is 6.38. The molecule has 35 heavy (non-hydrogen) atoms. The highest BCUT2D eigenvalue weighted by Gasteiger charge is 2.32. The molecule has 1 amide bonds. The van der Waals surface area contributed by atoms with Gasteiger partial charge >= 0.3 is 0 Å². The lowest BCUT2D eigenvalue weighted by Crippen LogP contribution is -2.41. The molecule has 0 radical (unpaired) electrons. The third kappa shape index (κ3) is 5.43. The van der Waals surface area contributed by atoms with Crippen molar-refractivity contribution in [2.75, 3.05) is 51.3 Å². The van der Waals surface area contributed by atoms with Gasteiger partial charge < -0.3 is 14.6 Å². The zero-order valence-electron chi connectivity index (χ0n) is 19.8. The van der Waals surface area contributed by atoms with Crippen molar-refractivity contribution in [3.8, 4) is 0 Å². The topological polar surface area (TPSA) is 83.9 Å². The van der Waals surface area contributed by atoms with E-state index in [9.17, 15) is 13.2 Å². The largest absolute Gasteiger partial charge is 0.379 e. The average molecular weight is 497 g/mol. The quantitative estimate of drug-likeness (QED) is 0.544. The minimum Gasteiger partial charge on any atom is -0.379 e. The first-order valence-electron chi connectivity index (χ1n) is 12.3. The molecule has 2 fully saturated rings. The number of nitrogens with one attached hydrogen (secondary N) is 1. The van der Waals surface area contributed by atoms with E-state index in [1.807, 2.05) is 12.1 Å². The Hall–Kier alpha value is -2.72. The van der Waals surface area contributed by atoms with E-state index in [1.54, 1.807) is 30.3 Å². The number of hydrogen-bond donors (Lipinski definition) is 1. The van der Waals surface area contributed by atoms with E-state index in [0.717, 1.165) is 56.0 Å². The Morgan fingerprint density at radius 3 is 2.43 bits per heavy atom. The predicted octanol–water partition coefficient (Wildman–Crippen LogP) is 3.01. The molecule has 2 aromatic carbocycles. The number of benzene rings is 2. The number of carbonyl (C=O) groups excluding carboxylic acids is 1. The lowest BCUT2D eigenvalue weighted by atomic mass is 9.97. The molecule has 5 rings (SSSR count). The van der Waals surface area contributed by atoms with Gasteiger partial charge in [-0.25, -0.2) is 8.42 Å². The Morgan fingerprint density at radius 2 is 1.69 bits per heavy atom. The number of aromatic nitrogens is 1. The molecule has 8 nitrogen and oxygen atoms in total. The van der Waals surface area contributed by atoms with E-state index in [-0.39, 0.29) is 11.8 Å². The molecule has 2 aliphatic heterocycles. The molecular weight excluding hydrogens is 464 g/mol. The molecular formula is C26H32N4O4S. The van der Waals surface area contributed by atoms with Crippen LogP contribution in [0.15, 0.2) is 65.7 Å². The number of fused-ring (bicyclic) bond motifs is 1. The van der Waals surface area contributed by atoms with Crippen molar-refractivity contribution in [3.05, 3.63) is 60.8 Å². The molecule has 9 heteroatoms. The molecule has 0 unspecified atom stereocenters. The number of amides is 1. The first-order chi connectivity index (χ1) is 17.0. The van der Waals surface area contributed by atoms with Gasteiger partial charge in [-0.05, 0) is 49.2 Å². The molecule has 0 bridgehead atoms. The summed E-state index contributed by atoms with van der Waals surface area (Å²) in [6, 6.07) is 16.6. The van der Waals surface area contributed by atoms with Crippen molar-refractivity contribution in [2.45, 2.75) is 24.3 Å². The fourth-order valence-electron chi connectivity index (χ4n) is 4.89. The number of sulfonamides is 1. The van der Waals surface area contributed by atoms with Crippen LogP contribution in [0.2, 0.25) is 0 Å². The summed E-state index contributed by atoms with van der Waals surface area (Å²) in [4.78, 5) is 15.6. The highest BCUT2D eigenvalue weighted by molar-refractivity contribution is 7.89. The second kappa shape index (κ2) is 10.5. The first kappa shape index (κ1) is 24.0. The van der Waals surface area contributed by atoms with Crippen LogP contribution in [0.5, 0.6) is 0 Å². The minimum absolute atomic E-state index is 0.0483. The summed E-state index contributed by atoms with van der Waals surface area (Å²) in [5.74, 6) is -0.251. The van der Waals surface area contributed by atoms with Gasteiger partial charge in [0, 0.05) is 68.0 Å². The summed E-state index contributed by atoms with van der Waals surface area (Å²) in [6.45, 7) is 6.17. The zero-order chi connectivity index (χ0) is 24.3. The number of anilines is 1. The van der Waals surface area contributed by atoms with E-state index < -0.39 is 10.0 Å². The molecule has 3 aromatic rings. The molecule has 2 aliphatic rings. The predicted molar refractivity (Wildman–Crippen MR) is 136 cm³/mol. The number of ether oxygens (including phenoxy) is 1. The van der Waals surface area contributed by atoms with Crippen molar-refractivity contribution in [3.63, 3.8) is 0 Å². The van der Waals surface area contributed by atoms with Crippen molar-refractivity contribution in [2.24, 2.45) is 5.92 Å². The van der Waals surface area contributed by atoms with Crippen LogP contribution in [0.1, 0.15) is 12.8 Å². The Kier molecular flexibility index (Phi) is 7.19. The van der Waals surface area contributed by atoms with Gasteiger partial charge in [-0.3, -0.25) is 9.69 Å². The van der Waals surface area contributed by atoms with E-state index in [0.29, 0.717) is 30.8 Å². The van der Waals surface area contributed by atoms with Crippen LogP contribution in [0, 0.1) is 5.92 Å². The summed E-state index contributed by atoms with van der Waals surface area (Å²) in [5.41, 5.74) is 1.92. The van der Waals surface area contributed by atoms with Crippen LogP contribution < -0.4 is 5.32 Å². The van der Waals surface area contributed by atoms with Crippen LogP contribution >= 0.6 is 0 Å². The van der Waals surface area contributed by atoms with Gasteiger partial charge in [0.25, 0.3) is 0 Å². The molecule has 0 aliphatic carbocycles. The van der Waals surface area contributed by atoms with E-state index >= 15 is 0 Å². The van der Waals surface area contributed by atoms with E-state index in [2.05, 4.69) is 33.1 Å². The zero-order valence-corrected chi connectivity index (χ0v) is 20.6. The Bertz CT molecular complexity index is 1260. The number of nitrogens with zero attached hydrogens (tertiary/aromatic N) is 3. The summed E-state index contributed by atoms with van der Waals surface area (Å²) in [7, 11) is -3.51. The summed E-state index contributed by atoms with van der Waals surface area (Å²) >= 11 is 0. The van der Waals surface area contributed by atoms with E-state index in [1.165, 1.54) is 4.31 Å². The van der Waals surface area contributed by atoms with Gasteiger partial charge in [-0.15, -0.1) is 0 Å². The lowest BCUT2D eigenvalue weighted by molar-refractivity contribution is -0.120. The highest BCUT2D eigenvalue weighted by atomic mass is 32.2. The van der Waals surface area contributed by atoms with Gasteiger partial charge in [-0.2, -0.15) is 4.31 Å². The van der Waals surface area contributed by atoms with E-state index in [4.69, 9.17) is 4.74 Å². The molecule has 3 heterocycles. The Morgan fingerprint density at radius 1 is 0.943 bits per heavy atom. The molecule has 1 aromatic heterocycles. The third-order valence-corrected chi connectivity index (χ3v) is 8.92. The molecule has 0 spiro atoms. The van der Waals surface area contributed by atoms with Crippen LogP contribution in [0.3, 0.4) is 0 Å². The molecule has 0 saturated carbocycles. The maximum atomic E-state index is 12.9.